The van der Waals surface area contributed by atoms with Gasteiger partial charge in [-0.25, -0.2) is 0 Å². The van der Waals surface area contributed by atoms with Crippen molar-refractivity contribution in [3.8, 4) is 11.5 Å². The van der Waals surface area contributed by atoms with Crippen molar-refractivity contribution in [2.45, 2.75) is 39.5 Å². The fraction of sp³-hybridized carbons (Fsp3) is 0.400. The molecule has 0 heterocycles. The molecule has 0 bridgehead atoms. The minimum Gasteiger partial charge on any atom is -0.493 e. The molecule has 0 radical (unpaired) electrons. The van der Waals surface area contributed by atoms with Gasteiger partial charge in [0.1, 0.15) is 6.61 Å². The van der Waals surface area contributed by atoms with E-state index in [1.165, 1.54) is 5.56 Å². The lowest BCUT2D eigenvalue weighted by Gasteiger charge is -2.17. The molecular formula is C20H26BrNO3. The fourth-order valence-electron chi connectivity index (χ4n) is 2.42. The summed E-state index contributed by atoms with van der Waals surface area (Å²) in [6.07, 6.45) is 0.878. The van der Waals surface area contributed by atoms with Crippen molar-refractivity contribution >= 4 is 15.9 Å². The molecule has 0 fully saturated rings. The van der Waals surface area contributed by atoms with Gasteiger partial charge in [-0.3, -0.25) is 0 Å². The van der Waals surface area contributed by atoms with Crippen LogP contribution in [-0.4, -0.2) is 24.9 Å². The van der Waals surface area contributed by atoms with Crippen molar-refractivity contribution < 1.29 is 14.6 Å². The lowest BCUT2D eigenvalue weighted by Crippen LogP contribution is -2.31. The third-order valence-corrected chi connectivity index (χ3v) is 4.88. The second-order valence-electron chi connectivity index (χ2n) is 6.04. The van der Waals surface area contributed by atoms with Gasteiger partial charge in [-0.15, -0.1) is 0 Å². The number of hydrogen-bond acceptors (Lipinski definition) is 4. The second kappa shape index (κ2) is 9.80. The van der Waals surface area contributed by atoms with E-state index in [1.54, 1.807) is 7.11 Å². The van der Waals surface area contributed by atoms with E-state index in [0.29, 0.717) is 24.7 Å². The number of rotatable bonds is 9. The van der Waals surface area contributed by atoms with E-state index < -0.39 is 0 Å². The first kappa shape index (κ1) is 19.8. The maximum atomic E-state index is 9.29. The summed E-state index contributed by atoms with van der Waals surface area (Å²) < 4.78 is 12.4. The molecule has 0 aliphatic rings. The zero-order valence-electron chi connectivity index (χ0n) is 15.0. The van der Waals surface area contributed by atoms with Crippen molar-refractivity contribution in [1.82, 2.24) is 5.32 Å². The molecule has 2 aromatic carbocycles. The van der Waals surface area contributed by atoms with E-state index >= 15 is 0 Å². The largest absolute Gasteiger partial charge is 0.493 e. The predicted octanol–water partition coefficient (Wildman–Crippen LogP) is 4.21. The number of aliphatic hydroxyl groups excluding tert-OH is 1. The maximum Gasteiger partial charge on any atom is 0.162 e. The summed E-state index contributed by atoms with van der Waals surface area (Å²) in [6, 6.07) is 12.3. The lowest BCUT2D eigenvalue weighted by atomic mass is 10.1. The summed E-state index contributed by atoms with van der Waals surface area (Å²) in [5.41, 5.74) is 3.41. The molecule has 0 saturated carbocycles. The van der Waals surface area contributed by atoms with Gasteiger partial charge in [0.15, 0.2) is 11.5 Å². The zero-order valence-corrected chi connectivity index (χ0v) is 16.6. The standard InChI is InChI=1S/C20H26BrNO3/c1-4-17(12-23)22-11-16-9-19(24-3)20(10-18(16)21)25-13-15-7-5-14(2)6-8-15/h5-10,17,22-23H,4,11-13H2,1-3H3. The summed E-state index contributed by atoms with van der Waals surface area (Å²) in [6.45, 7) is 5.38. The third kappa shape index (κ3) is 5.73. The number of aryl methyl sites for hydroxylation is 1. The van der Waals surface area contributed by atoms with Crippen LogP contribution in [0.3, 0.4) is 0 Å². The first-order valence-electron chi connectivity index (χ1n) is 8.46. The van der Waals surface area contributed by atoms with E-state index in [1.807, 2.05) is 19.1 Å². The van der Waals surface area contributed by atoms with E-state index in [4.69, 9.17) is 9.47 Å². The number of methoxy groups -OCH3 is 1. The number of nitrogens with one attached hydrogen (secondary N) is 1. The zero-order chi connectivity index (χ0) is 18.2. The van der Waals surface area contributed by atoms with Gasteiger partial charge in [-0.1, -0.05) is 52.7 Å². The SMILES string of the molecule is CCC(CO)NCc1cc(OC)c(OCc2ccc(C)cc2)cc1Br. The maximum absolute atomic E-state index is 9.29. The molecule has 136 valence electrons. The Labute approximate surface area is 158 Å². The summed E-state index contributed by atoms with van der Waals surface area (Å²) in [5, 5.41) is 12.6. The molecule has 2 N–H and O–H groups in total. The van der Waals surface area contributed by atoms with E-state index in [9.17, 15) is 5.11 Å². The number of hydrogen-bond donors (Lipinski definition) is 2. The number of benzene rings is 2. The highest BCUT2D eigenvalue weighted by atomic mass is 79.9. The smallest absolute Gasteiger partial charge is 0.162 e. The van der Waals surface area contributed by atoms with Crippen molar-refractivity contribution in [3.05, 3.63) is 57.6 Å². The molecule has 5 heteroatoms. The van der Waals surface area contributed by atoms with Crippen molar-refractivity contribution in [1.29, 1.82) is 0 Å². The fourth-order valence-corrected chi connectivity index (χ4v) is 2.89. The van der Waals surface area contributed by atoms with Crippen LogP contribution in [0.1, 0.15) is 30.0 Å². The van der Waals surface area contributed by atoms with Gasteiger partial charge >= 0.3 is 0 Å². The molecule has 0 spiro atoms. The highest BCUT2D eigenvalue weighted by Gasteiger charge is 2.12. The number of ether oxygens (including phenoxy) is 2. The van der Waals surface area contributed by atoms with Crippen LogP contribution in [-0.2, 0) is 13.2 Å². The first-order chi connectivity index (χ1) is 12.1. The first-order valence-corrected chi connectivity index (χ1v) is 9.25. The van der Waals surface area contributed by atoms with Gasteiger partial charge in [0, 0.05) is 17.1 Å². The Kier molecular flexibility index (Phi) is 7.75. The Bertz CT molecular complexity index is 669. The molecule has 4 nitrogen and oxygen atoms in total. The van der Waals surface area contributed by atoms with Gasteiger partial charge in [-0.2, -0.15) is 0 Å². The van der Waals surface area contributed by atoms with Crippen molar-refractivity contribution in [2.24, 2.45) is 0 Å². The average molecular weight is 408 g/mol. The van der Waals surface area contributed by atoms with Gasteiger partial charge in [0.25, 0.3) is 0 Å². The highest BCUT2D eigenvalue weighted by Crippen LogP contribution is 2.34. The summed E-state index contributed by atoms with van der Waals surface area (Å²) in [7, 11) is 1.64. The van der Waals surface area contributed by atoms with Crippen LogP contribution >= 0.6 is 15.9 Å². The molecule has 0 aromatic heterocycles. The quantitative estimate of drug-likeness (QED) is 0.653. The number of aliphatic hydroxyl groups is 1. The summed E-state index contributed by atoms with van der Waals surface area (Å²) in [4.78, 5) is 0. The van der Waals surface area contributed by atoms with E-state index in [0.717, 1.165) is 22.0 Å². The van der Waals surface area contributed by atoms with Crippen LogP contribution in [0.4, 0.5) is 0 Å². The molecular weight excluding hydrogens is 382 g/mol. The van der Waals surface area contributed by atoms with Crippen LogP contribution in [0, 0.1) is 6.92 Å². The van der Waals surface area contributed by atoms with Gasteiger partial charge in [0.2, 0.25) is 0 Å². The van der Waals surface area contributed by atoms with Gasteiger partial charge < -0.3 is 19.9 Å². The molecule has 0 saturated heterocycles. The topological polar surface area (TPSA) is 50.7 Å². The van der Waals surface area contributed by atoms with Crippen LogP contribution < -0.4 is 14.8 Å². The van der Waals surface area contributed by atoms with Gasteiger partial charge in [-0.05, 0) is 36.6 Å². The Morgan fingerprint density at radius 2 is 1.88 bits per heavy atom. The van der Waals surface area contributed by atoms with Crippen molar-refractivity contribution in [3.63, 3.8) is 0 Å². The Hall–Kier alpha value is -1.56. The van der Waals surface area contributed by atoms with Crippen LogP contribution in [0.2, 0.25) is 0 Å². The minimum absolute atomic E-state index is 0.0929. The summed E-state index contributed by atoms with van der Waals surface area (Å²) >= 11 is 3.60. The Balaban J connectivity index is 2.08. The molecule has 0 amide bonds. The van der Waals surface area contributed by atoms with Crippen LogP contribution in [0.25, 0.3) is 0 Å². The monoisotopic (exact) mass is 407 g/mol. The molecule has 1 unspecified atom stereocenters. The summed E-state index contributed by atoms with van der Waals surface area (Å²) in [5.74, 6) is 1.40. The predicted molar refractivity (Wildman–Crippen MR) is 104 cm³/mol. The molecule has 2 rings (SSSR count). The number of halogens is 1. The van der Waals surface area contributed by atoms with E-state index in [-0.39, 0.29) is 12.6 Å². The lowest BCUT2D eigenvalue weighted by molar-refractivity contribution is 0.238. The van der Waals surface area contributed by atoms with Crippen LogP contribution in [0.5, 0.6) is 11.5 Å². The highest BCUT2D eigenvalue weighted by molar-refractivity contribution is 9.10. The molecule has 2 aromatic rings. The second-order valence-corrected chi connectivity index (χ2v) is 6.89. The third-order valence-electron chi connectivity index (χ3n) is 4.14. The minimum atomic E-state index is 0.0929. The van der Waals surface area contributed by atoms with Gasteiger partial charge in [0.05, 0.1) is 13.7 Å². The normalized spacial score (nSPS) is 12.0. The average Bonchev–Trinajstić information content (AvgIpc) is 2.63. The molecule has 0 aliphatic carbocycles. The van der Waals surface area contributed by atoms with E-state index in [2.05, 4.69) is 52.4 Å². The van der Waals surface area contributed by atoms with Crippen molar-refractivity contribution in [2.75, 3.05) is 13.7 Å². The van der Waals surface area contributed by atoms with Crippen LogP contribution in [0.15, 0.2) is 40.9 Å². The molecule has 0 aliphatic heterocycles. The Morgan fingerprint density at radius 3 is 2.48 bits per heavy atom. The Morgan fingerprint density at radius 1 is 1.16 bits per heavy atom. The molecule has 1 atom stereocenters. The molecule has 25 heavy (non-hydrogen) atoms.